The van der Waals surface area contributed by atoms with Gasteiger partial charge in [-0.15, -0.1) is 0 Å². The molecule has 0 N–H and O–H groups in total. The number of thiazole rings is 1. The smallest absolute Gasteiger partial charge is 0.338 e. The fourth-order valence-electron chi connectivity index (χ4n) is 4.24. The predicted octanol–water partition coefficient (Wildman–Crippen LogP) is 2.23. The Morgan fingerprint density at radius 2 is 1.97 bits per heavy atom. The highest BCUT2D eigenvalue weighted by molar-refractivity contribution is 7.07. The number of furan rings is 1. The summed E-state index contributed by atoms with van der Waals surface area (Å²) in [6.45, 7) is 6.64. The number of hydrogen-bond donors (Lipinski definition) is 0. The summed E-state index contributed by atoms with van der Waals surface area (Å²) < 4.78 is 18.8. The van der Waals surface area contributed by atoms with E-state index in [1.165, 1.54) is 11.3 Å². The molecule has 1 atom stereocenters. The molecule has 5 rings (SSSR count). The van der Waals surface area contributed by atoms with Crippen LogP contribution in [-0.4, -0.2) is 43.4 Å². The largest absolute Gasteiger partial charge is 0.463 e. The van der Waals surface area contributed by atoms with E-state index in [1.807, 2.05) is 42.5 Å². The highest BCUT2D eigenvalue weighted by Crippen LogP contribution is 2.30. The molecule has 0 radical (unpaired) electrons. The molecule has 1 aromatic carbocycles. The number of carbonyl (C=O) groups is 1. The van der Waals surface area contributed by atoms with Gasteiger partial charge in [0.15, 0.2) is 10.7 Å². The number of fused-ring (bicyclic) bond motifs is 1. The number of nitrogens with zero attached hydrogens (tertiary/aromatic N) is 3. The standard InChI is InChI=1S/C25H25N3O5S/c1-3-32-24(30)21-16(2)26-25-28(22(21)17-7-5-4-6-8-17)23(29)19(34-25)15-18-9-10-20(33-18)27-11-13-31-14-12-27/h4-10,15,22H,3,11-14H2,1-2H3/b19-15+. The zero-order valence-electron chi connectivity index (χ0n) is 19.0. The van der Waals surface area contributed by atoms with Crippen LogP contribution in [0.15, 0.2) is 67.9 Å². The molecule has 2 aromatic heterocycles. The summed E-state index contributed by atoms with van der Waals surface area (Å²) >= 11 is 1.28. The van der Waals surface area contributed by atoms with Gasteiger partial charge in [-0.1, -0.05) is 41.7 Å². The zero-order chi connectivity index (χ0) is 23.7. The second-order valence-corrected chi connectivity index (χ2v) is 9.00. The Balaban J connectivity index is 1.60. The van der Waals surface area contributed by atoms with Gasteiger partial charge in [-0.2, -0.15) is 0 Å². The maximum absolute atomic E-state index is 13.6. The molecule has 0 aliphatic carbocycles. The molecule has 4 heterocycles. The van der Waals surface area contributed by atoms with Crippen molar-refractivity contribution in [2.75, 3.05) is 37.8 Å². The predicted molar refractivity (Wildman–Crippen MR) is 129 cm³/mol. The van der Waals surface area contributed by atoms with Crippen LogP contribution in [-0.2, 0) is 14.3 Å². The number of aromatic nitrogens is 1. The maximum Gasteiger partial charge on any atom is 0.338 e. The molecule has 1 saturated heterocycles. The number of allylic oxidation sites excluding steroid dienone is 1. The van der Waals surface area contributed by atoms with E-state index in [0.29, 0.717) is 39.6 Å². The Labute approximate surface area is 200 Å². The first-order valence-corrected chi connectivity index (χ1v) is 12.1. The van der Waals surface area contributed by atoms with E-state index < -0.39 is 12.0 Å². The number of esters is 1. The second-order valence-electron chi connectivity index (χ2n) is 7.99. The van der Waals surface area contributed by atoms with Gasteiger partial charge < -0.3 is 18.8 Å². The third-order valence-electron chi connectivity index (χ3n) is 5.84. The van der Waals surface area contributed by atoms with E-state index in [4.69, 9.17) is 13.9 Å². The lowest BCUT2D eigenvalue weighted by Gasteiger charge is -2.26. The highest BCUT2D eigenvalue weighted by Gasteiger charge is 2.33. The number of hydrogen-bond acceptors (Lipinski definition) is 8. The van der Waals surface area contributed by atoms with Crippen LogP contribution in [0.5, 0.6) is 0 Å². The lowest BCUT2D eigenvalue weighted by molar-refractivity contribution is -0.139. The summed E-state index contributed by atoms with van der Waals surface area (Å²) in [6.07, 6.45) is 1.74. The Morgan fingerprint density at radius 3 is 2.71 bits per heavy atom. The van der Waals surface area contributed by atoms with E-state index in [0.717, 1.165) is 24.5 Å². The third-order valence-corrected chi connectivity index (χ3v) is 6.82. The Kier molecular flexibility index (Phi) is 6.21. The molecule has 34 heavy (non-hydrogen) atoms. The summed E-state index contributed by atoms with van der Waals surface area (Å²) in [5.74, 6) is 0.877. The minimum absolute atomic E-state index is 0.226. The molecular formula is C25H25N3O5S. The SMILES string of the molecule is CCOC(=O)C1=C(C)N=c2s/c(=C/c3ccc(N4CCOCC4)o3)c(=O)n2C1c1ccccc1. The van der Waals surface area contributed by atoms with Gasteiger partial charge in [0, 0.05) is 25.2 Å². The average molecular weight is 480 g/mol. The molecule has 0 amide bonds. The van der Waals surface area contributed by atoms with Gasteiger partial charge in [-0.25, -0.2) is 9.79 Å². The van der Waals surface area contributed by atoms with Crippen molar-refractivity contribution in [2.24, 2.45) is 4.99 Å². The number of benzene rings is 1. The van der Waals surface area contributed by atoms with Gasteiger partial charge in [-0.05, 0) is 25.5 Å². The van der Waals surface area contributed by atoms with Crippen molar-refractivity contribution in [3.63, 3.8) is 0 Å². The minimum atomic E-state index is -0.612. The quantitative estimate of drug-likeness (QED) is 0.522. The second kappa shape index (κ2) is 9.44. The van der Waals surface area contributed by atoms with Crippen molar-refractivity contribution < 1.29 is 18.7 Å². The average Bonchev–Trinajstić information content (AvgIpc) is 3.44. The first kappa shape index (κ1) is 22.4. The van der Waals surface area contributed by atoms with E-state index in [2.05, 4.69) is 9.89 Å². The number of rotatable bonds is 5. The van der Waals surface area contributed by atoms with E-state index >= 15 is 0 Å². The molecule has 176 valence electrons. The van der Waals surface area contributed by atoms with Crippen molar-refractivity contribution in [1.82, 2.24) is 4.57 Å². The number of ether oxygens (including phenoxy) is 2. The van der Waals surface area contributed by atoms with Gasteiger partial charge in [-0.3, -0.25) is 9.36 Å². The summed E-state index contributed by atoms with van der Waals surface area (Å²) in [4.78, 5) is 33.7. The zero-order valence-corrected chi connectivity index (χ0v) is 19.8. The van der Waals surface area contributed by atoms with Gasteiger partial charge in [0.2, 0.25) is 0 Å². The first-order chi connectivity index (χ1) is 16.6. The first-order valence-electron chi connectivity index (χ1n) is 11.2. The Hall–Kier alpha value is -3.43. The van der Waals surface area contributed by atoms with Crippen LogP contribution in [0.2, 0.25) is 0 Å². The van der Waals surface area contributed by atoms with Gasteiger partial charge in [0.25, 0.3) is 5.56 Å². The minimum Gasteiger partial charge on any atom is -0.463 e. The van der Waals surface area contributed by atoms with Crippen molar-refractivity contribution >= 4 is 29.3 Å². The van der Waals surface area contributed by atoms with Crippen LogP contribution in [0.1, 0.15) is 31.2 Å². The van der Waals surface area contributed by atoms with Crippen LogP contribution in [0.4, 0.5) is 5.88 Å². The number of morpholine rings is 1. The fraction of sp³-hybridized carbons (Fsp3) is 0.320. The van der Waals surface area contributed by atoms with E-state index in [-0.39, 0.29) is 12.2 Å². The van der Waals surface area contributed by atoms with E-state index in [1.54, 1.807) is 24.5 Å². The molecule has 8 nitrogen and oxygen atoms in total. The van der Waals surface area contributed by atoms with Crippen LogP contribution in [0, 0.1) is 0 Å². The molecular weight excluding hydrogens is 454 g/mol. The molecule has 2 aliphatic heterocycles. The third kappa shape index (κ3) is 4.12. The van der Waals surface area contributed by atoms with Crippen LogP contribution >= 0.6 is 11.3 Å². The molecule has 1 unspecified atom stereocenters. The Bertz CT molecular complexity index is 1410. The van der Waals surface area contributed by atoms with Crippen molar-refractivity contribution in [2.45, 2.75) is 19.9 Å². The monoisotopic (exact) mass is 479 g/mol. The molecule has 1 fully saturated rings. The summed E-state index contributed by atoms with van der Waals surface area (Å²) in [6, 6.07) is 12.6. The molecule has 2 aliphatic rings. The van der Waals surface area contributed by atoms with Crippen molar-refractivity contribution in [3.05, 3.63) is 84.7 Å². The molecule has 9 heteroatoms. The molecule has 3 aromatic rings. The van der Waals surface area contributed by atoms with Crippen LogP contribution in [0.25, 0.3) is 6.08 Å². The van der Waals surface area contributed by atoms with Crippen molar-refractivity contribution in [1.29, 1.82) is 0 Å². The molecule has 0 spiro atoms. The number of carbonyl (C=O) groups excluding carboxylic acids is 1. The van der Waals surface area contributed by atoms with Crippen LogP contribution < -0.4 is 19.8 Å². The summed E-state index contributed by atoms with van der Waals surface area (Å²) in [5, 5.41) is 0. The fourth-order valence-corrected chi connectivity index (χ4v) is 5.27. The normalized spacial score (nSPS) is 18.6. The number of anilines is 1. The summed E-state index contributed by atoms with van der Waals surface area (Å²) in [7, 11) is 0. The molecule has 0 bridgehead atoms. The topological polar surface area (TPSA) is 86.3 Å². The van der Waals surface area contributed by atoms with Gasteiger partial charge >= 0.3 is 5.97 Å². The van der Waals surface area contributed by atoms with E-state index in [9.17, 15) is 9.59 Å². The lowest BCUT2D eigenvalue weighted by atomic mass is 9.96. The highest BCUT2D eigenvalue weighted by atomic mass is 32.1. The summed E-state index contributed by atoms with van der Waals surface area (Å²) in [5.41, 5.74) is 1.52. The lowest BCUT2D eigenvalue weighted by Crippen LogP contribution is -2.39. The van der Waals surface area contributed by atoms with Gasteiger partial charge in [0.1, 0.15) is 5.76 Å². The maximum atomic E-state index is 13.6. The van der Waals surface area contributed by atoms with Crippen LogP contribution in [0.3, 0.4) is 0 Å². The molecule has 0 saturated carbocycles. The van der Waals surface area contributed by atoms with Crippen molar-refractivity contribution in [3.8, 4) is 0 Å². The van der Waals surface area contributed by atoms with Gasteiger partial charge in [0.05, 0.1) is 41.7 Å². The Morgan fingerprint density at radius 1 is 1.21 bits per heavy atom.